The maximum absolute atomic E-state index is 5.40. The molecule has 0 aromatic carbocycles. The Morgan fingerprint density at radius 3 is 2.69 bits per heavy atom. The van der Waals surface area contributed by atoms with Crippen molar-refractivity contribution in [2.75, 3.05) is 34.1 Å². The smallest absolute Gasteiger partial charge is 0.146 e. The van der Waals surface area contributed by atoms with Gasteiger partial charge in [-0.15, -0.1) is 0 Å². The van der Waals surface area contributed by atoms with Gasteiger partial charge in [0.25, 0.3) is 0 Å². The molecule has 0 aliphatic carbocycles. The van der Waals surface area contributed by atoms with Crippen molar-refractivity contribution >= 4 is 28.4 Å². The molecule has 0 rings (SSSR count). The highest BCUT2D eigenvalue weighted by Crippen LogP contribution is 2.22. The summed E-state index contributed by atoms with van der Waals surface area (Å²) >= 11 is 2.34. The fraction of sp³-hybridized carbons (Fsp3) is 0.727. The molecule has 1 atom stereocenters. The third-order valence-electron chi connectivity index (χ3n) is 2.09. The summed E-state index contributed by atoms with van der Waals surface area (Å²) in [6.45, 7) is 9.56. The average molecular weight is 340 g/mol. The van der Waals surface area contributed by atoms with E-state index in [-0.39, 0.29) is 3.42 Å². The highest BCUT2D eigenvalue weighted by atomic mass is 127. The molecule has 0 N–H and O–H groups in total. The number of alkyl halides is 1. The van der Waals surface area contributed by atoms with Crippen LogP contribution in [0.25, 0.3) is 0 Å². The van der Waals surface area contributed by atoms with Gasteiger partial charge in [0.2, 0.25) is 0 Å². The van der Waals surface area contributed by atoms with E-state index in [2.05, 4.69) is 52.9 Å². The van der Waals surface area contributed by atoms with E-state index < -0.39 is 0 Å². The predicted octanol–water partition coefficient (Wildman–Crippen LogP) is 2.29. The fourth-order valence-corrected chi connectivity index (χ4v) is 2.02. The molecule has 0 fully saturated rings. The number of methoxy groups -OCH3 is 1. The second kappa shape index (κ2) is 8.03. The molecular weight excluding hydrogens is 319 g/mol. The monoisotopic (exact) mass is 340 g/mol. The number of nitrogens with zero attached hydrogens (tertiary/aromatic N) is 2. The Bertz CT molecular complexity index is 242. The third-order valence-corrected chi connectivity index (χ3v) is 2.88. The zero-order valence-electron chi connectivity index (χ0n) is 10.5. The van der Waals surface area contributed by atoms with Crippen LogP contribution in [0, 0.1) is 0 Å². The number of ether oxygens (including phenoxy) is 2. The van der Waals surface area contributed by atoms with Crippen molar-refractivity contribution in [3.05, 3.63) is 12.8 Å². The molecule has 0 aliphatic rings. The first-order valence-corrected chi connectivity index (χ1v) is 6.23. The van der Waals surface area contributed by atoms with Crippen LogP contribution in [0.3, 0.4) is 0 Å². The maximum Gasteiger partial charge on any atom is 0.146 e. The summed E-state index contributed by atoms with van der Waals surface area (Å²) in [7, 11) is 3.62. The first-order valence-electron chi connectivity index (χ1n) is 5.15. The SMILES string of the molecule is C=CN=C(N(C)CC)C(C)(I)COCOC. The van der Waals surface area contributed by atoms with Crippen LogP contribution in [-0.2, 0) is 9.47 Å². The summed E-state index contributed by atoms with van der Waals surface area (Å²) in [5.74, 6) is 0.960. The lowest BCUT2D eigenvalue weighted by molar-refractivity contribution is -0.0316. The molecule has 0 saturated heterocycles. The van der Waals surface area contributed by atoms with E-state index >= 15 is 0 Å². The summed E-state index contributed by atoms with van der Waals surface area (Å²) in [6, 6.07) is 0. The molecule has 94 valence electrons. The molecule has 0 heterocycles. The number of hydrogen-bond acceptors (Lipinski definition) is 3. The van der Waals surface area contributed by atoms with Crippen molar-refractivity contribution in [3.8, 4) is 0 Å². The van der Waals surface area contributed by atoms with Gasteiger partial charge in [0, 0.05) is 26.9 Å². The Morgan fingerprint density at radius 1 is 1.62 bits per heavy atom. The van der Waals surface area contributed by atoms with Crippen LogP contribution in [0.2, 0.25) is 0 Å². The van der Waals surface area contributed by atoms with E-state index in [0.29, 0.717) is 13.4 Å². The van der Waals surface area contributed by atoms with E-state index in [0.717, 1.165) is 12.4 Å². The molecule has 4 nitrogen and oxygen atoms in total. The molecule has 1 unspecified atom stereocenters. The van der Waals surface area contributed by atoms with E-state index in [1.807, 2.05) is 7.05 Å². The highest BCUT2D eigenvalue weighted by molar-refractivity contribution is 14.1. The molecule has 0 aromatic heterocycles. The van der Waals surface area contributed by atoms with E-state index in [4.69, 9.17) is 9.47 Å². The van der Waals surface area contributed by atoms with Gasteiger partial charge in [0.1, 0.15) is 16.1 Å². The zero-order chi connectivity index (χ0) is 12.6. The fourth-order valence-electron chi connectivity index (χ4n) is 1.25. The lowest BCUT2D eigenvalue weighted by atomic mass is 10.1. The van der Waals surface area contributed by atoms with Crippen molar-refractivity contribution in [2.45, 2.75) is 17.3 Å². The molecule has 0 amide bonds. The first kappa shape index (κ1) is 15.9. The molecule has 0 radical (unpaired) electrons. The second-order valence-corrected chi connectivity index (χ2v) is 5.98. The highest BCUT2D eigenvalue weighted by Gasteiger charge is 2.29. The van der Waals surface area contributed by atoms with E-state index in [1.165, 1.54) is 0 Å². The summed E-state index contributed by atoms with van der Waals surface area (Å²) in [5.41, 5.74) is 0. The number of hydrogen-bond donors (Lipinski definition) is 0. The van der Waals surface area contributed by atoms with Crippen LogP contribution < -0.4 is 0 Å². The zero-order valence-corrected chi connectivity index (χ0v) is 12.7. The van der Waals surface area contributed by atoms with Gasteiger partial charge in [-0.1, -0.05) is 29.2 Å². The summed E-state index contributed by atoms with van der Waals surface area (Å²) < 4.78 is 10.1. The Hall–Kier alpha value is -0.140. The Morgan fingerprint density at radius 2 is 2.25 bits per heavy atom. The molecule has 0 saturated carbocycles. The van der Waals surface area contributed by atoms with Gasteiger partial charge in [0.05, 0.1) is 6.61 Å². The topological polar surface area (TPSA) is 34.1 Å². The Balaban J connectivity index is 4.62. The largest absolute Gasteiger partial charge is 0.362 e. The van der Waals surface area contributed by atoms with E-state index in [9.17, 15) is 0 Å². The van der Waals surface area contributed by atoms with Crippen LogP contribution in [0.4, 0.5) is 0 Å². The first-order chi connectivity index (χ1) is 7.49. The number of aliphatic imine (C=N–C) groups is 1. The normalized spacial score (nSPS) is 15.7. The number of amidine groups is 1. The lowest BCUT2D eigenvalue weighted by Gasteiger charge is -2.30. The standard InChI is InChI=1S/C11H21IN2O2/c1-6-13-10(14(4)7-2)11(3,12)8-16-9-15-5/h6H,1,7-9H2,2-5H3. The van der Waals surface area contributed by atoms with Crippen molar-refractivity contribution in [2.24, 2.45) is 4.99 Å². The number of halogens is 1. The van der Waals surface area contributed by atoms with Crippen LogP contribution in [0.1, 0.15) is 13.8 Å². The minimum absolute atomic E-state index is 0.185. The predicted molar refractivity (Wildman–Crippen MR) is 76.2 cm³/mol. The summed E-state index contributed by atoms with van der Waals surface area (Å²) in [4.78, 5) is 6.41. The summed E-state index contributed by atoms with van der Waals surface area (Å²) in [5, 5.41) is 0. The van der Waals surface area contributed by atoms with Crippen LogP contribution in [0.5, 0.6) is 0 Å². The molecule has 0 aromatic rings. The Labute approximate surface area is 112 Å². The van der Waals surface area contributed by atoms with Gasteiger partial charge >= 0.3 is 0 Å². The van der Waals surface area contributed by atoms with Gasteiger partial charge in [0.15, 0.2) is 0 Å². The van der Waals surface area contributed by atoms with Gasteiger partial charge in [-0.05, 0) is 13.8 Å². The van der Waals surface area contributed by atoms with Crippen molar-refractivity contribution in [3.63, 3.8) is 0 Å². The van der Waals surface area contributed by atoms with Crippen LogP contribution >= 0.6 is 22.6 Å². The average Bonchev–Trinajstić information content (AvgIpc) is 2.25. The quantitative estimate of drug-likeness (QED) is 0.178. The lowest BCUT2D eigenvalue weighted by Crippen LogP contribution is -2.44. The molecule has 0 spiro atoms. The van der Waals surface area contributed by atoms with Crippen LogP contribution in [-0.4, -0.2) is 48.3 Å². The molecule has 5 heteroatoms. The van der Waals surface area contributed by atoms with Gasteiger partial charge in [-0.2, -0.15) is 0 Å². The molecule has 0 aliphatic heterocycles. The maximum atomic E-state index is 5.40. The molecular formula is C11H21IN2O2. The third kappa shape index (κ3) is 5.27. The Kier molecular flexibility index (Phi) is 7.96. The number of rotatable bonds is 7. The van der Waals surface area contributed by atoms with E-state index in [1.54, 1.807) is 13.3 Å². The minimum atomic E-state index is -0.185. The van der Waals surface area contributed by atoms with Gasteiger partial charge in [-0.3, -0.25) is 0 Å². The van der Waals surface area contributed by atoms with Crippen molar-refractivity contribution in [1.29, 1.82) is 0 Å². The van der Waals surface area contributed by atoms with Crippen LogP contribution in [0.15, 0.2) is 17.8 Å². The molecule has 0 bridgehead atoms. The van der Waals surface area contributed by atoms with Gasteiger partial charge in [-0.25, -0.2) is 4.99 Å². The molecule has 16 heavy (non-hydrogen) atoms. The van der Waals surface area contributed by atoms with Gasteiger partial charge < -0.3 is 14.4 Å². The summed E-state index contributed by atoms with van der Waals surface area (Å²) in [6.07, 6.45) is 1.56. The second-order valence-electron chi connectivity index (χ2n) is 3.60. The van der Waals surface area contributed by atoms with Crippen molar-refractivity contribution in [1.82, 2.24) is 4.90 Å². The van der Waals surface area contributed by atoms with Crippen molar-refractivity contribution < 1.29 is 9.47 Å². The minimum Gasteiger partial charge on any atom is -0.362 e.